The highest BCUT2D eigenvalue weighted by Crippen LogP contribution is 2.19. The van der Waals surface area contributed by atoms with Crippen molar-refractivity contribution in [3.63, 3.8) is 0 Å². The number of carbonyl (C=O) groups excluding carboxylic acids is 1. The fourth-order valence-electron chi connectivity index (χ4n) is 2.48. The van der Waals surface area contributed by atoms with Gasteiger partial charge in [0.25, 0.3) is 5.91 Å². The van der Waals surface area contributed by atoms with Crippen LogP contribution in [0.5, 0.6) is 5.75 Å². The van der Waals surface area contributed by atoms with Crippen LogP contribution < -0.4 is 14.8 Å². The van der Waals surface area contributed by atoms with E-state index in [2.05, 4.69) is 10.0 Å². The molecule has 0 radical (unpaired) electrons. The van der Waals surface area contributed by atoms with Gasteiger partial charge in [-0.05, 0) is 55.1 Å². The molecule has 0 saturated heterocycles. The first kappa shape index (κ1) is 23.2. The molecule has 158 valence electrons. The van der Waals surface area contributed by atoms with Gasteiger partial charge in [-0.2, -0.15) is 0 Å². The van der Waals surface area contributed by atoms with Crippen molar-refractivity contribution in [2.75, 3.05) is 33.1 Å². The minimum atomic E-state index is -3.60. The highest BCUT2D eigenvalue weighted by molar-refractivity contribution is 7.98. The van der Waals surface area contributed by atoms with E-state index in [0.717, 1.165) is 10.5 Å². The van der Waals surface area contributed by atoms with E-state index in [4.69, 9.17) is 9.47 Å². The number of carbonyl (C=O) groups is 1. The number of hydrogen-bond acceptors (Lipinski definition) is 6. The molecule has 0 aliphatic rings. The van der Waals surface area contributed by atoms with Crippen LogP contribution in [0.3, 0.4) is 0 Å². The van der Waals surface area contributed by atoms with Gasteiger partial charge in [-0.25, -0.2) is 13.1 Å². The second-order valence-electron chi connectivity index (χ2n) is 6.21. The Morgan fingerprint density at radius 3 is 2.34 bits per heavy atom. The summed E-state index contributed by atoms with van der Waals surface area (Å²) in [6.45, 7) is 2.22. The molecule has 0 aliphatic heterocycles. The van der Waals surface area contributed by atoms with Crippen LogP contribution in [-0.4, -0.2) is 47.4 Å². The van der Waals surface area contributed by atoms with Gasteiger partial charge in [0, 0.05) is 18.6 Å². The van der Waals surface area contributed by atoms with Gasteiger partial charge in [0.05, 0.1) is 17.5 Å². The van der Waals surface area contributed by atoms with Crippen molar-refractivity contribution in [3.05, 3.63) is 54.1 Å². The number of hydrogen-bond donors (Lipinski definition) is 2. The standard InChI is InChI=1S/C20H26N2O5S2/c1-15(16-4-8-18(28-3)9-5-16)22-20(23)14-27-17-6-10-19(11-7-17)29(24,25)21-12-13-26-2/h4-11,15,21H,12-14H2,1-3H3,(H,22,23)/t15-/m0/s1. The van der Waals surface area contributed by atoms with E-state index < -0.39 is 10.0 Å². The van der Waals surface area contributed by atoms with E-state index in [9.17, 15) is 13.2 Å². The SMILES string of the molecule is COCCNS(=O)(=O)c1ccc(OCC(=O)N[C@@H](C)c2ccc(SC)cc2)cc1. The van der Waals surface area contributed by atoms with Gasteiger partial charge in [-0.1, -0.05) is 12.1 Å². The number of rotatable bonds is 11. The zero-order valence-corrected chi connectivity index (χ0v) is 18.3. The third kappa shape index (κ3) is 7.36. The number of sulfonamides is 1. The highest BCUT2D eigenvalue weighted by Gasteiger charge is 2.14. The molecule has 0 fully saturated rings. The van der Waals surface area contributed by atoms with Crippen molar-refractivity contribution in [1.82, 2.24) is 10.0 Å². The maximum absolute atomic E-state index is 12.1. The molecular weight excluding hydrogens is 412 g/mol. The normalized spacial score (nSPS) is 12.4. The molecule has 0 unspecified atom stereocenters. The second-order valence-corrected chi connectivity index (χ2v) is 8.86. The molecule has 2 N–H and O–H groups in total. The smallest absolute Gasteiger partial charge is 0.258 e. The van der Waals surface area contributed by atoms with Crippen molar-refractivity contribution >= 4 is 27.7 Å². The van der Waals surface area contributed by atoms with Crippen LogP contribution in [0.4, 0.5) is 0 Å². The van der Waals surface area contributed by atoms with Crippen LogP contribution in [0, 0.1) is 0 Å². The Kier molecular flexibility index (Phi) is 8.97. The minimum absolute atomic E-state index is 0.118. The lowest BCUT2D eigenvalue weighted by atomic mass is 10.1. The predicted octanol–water partition coefficient (Wildman–Crippen LogP) is 2.59. The molecule has 0 saturated carbocycles. The van der Waals surface area contributed by atoms with E-state index >= 15 is 0 Å². The van der Waals surface area contributed by atoms with Gasteiger partial charge in [0.1, 0.15) is 5.75 Å². The van der Waals surface area contributed by atoms with Crippen LogP contribution in [0.15, 0.2) is 58.3 Å². The first-order valence-electron chi connectivity index (χ1n) is 9.00. The number of benzene rings is 2. The zero-order chi connectivity index (χ0) is 21.3. The summed E-state index contributed by atoms with van der Waals surface area (Å²) in [5.74, 6) is 0.150. The fraction of sp³-hybridized carbons (Fsp3) is 0.350. The Morgan fingerprint density at radius 1 is 1.10 bits per heavy atom. The maximum Gasteiger partial charge on any atom is 0.258 e. The van der Waals surface area contributed by atoms with Crippen LogP contribution in [-0.2, 0) is 19.6 Å². The average Bonchev–Trinajstić information content (AvgIpc) is 2.72. The first-order valence-corrected chi connectivity index (χ1v) is 11.7. The van der Waals surface area contributed by atoms with Gasteiger partial charge < -0.3 is 14.8 Å². The lowest BCUT2D eigenvalue weighted by Gasteiger charge is -2.15. The van der Waals surface area contributed by atoms with Gasteiger partial charge in [0.2, 0.25) is 10.0 Å². The molecule has 2 aromatic carbocycles. The number of amides is 1. The third-order valence-corrected chi connectivity index (χ3v) is 6.32. The molecular formula is C20H26N2O5S2. The molecule has 0 bridgehead atoms. The molecule has 1 amide bonds. The summed E-state index contributed by atoms with van der Waals surface area (Å²) >= 11 is 1.66. The van der Waals surface area contributed by atoms with Crippen molar-refractivity contribution in [3.8, 4) is 5.75 Å². The molecule has 2 aromatic rings. The molecule has 9 heteroatoms. The number of methoxy groups -OCH3 is 1. The second kappa shape index (κ2) is 11.2. The van der Waals surface area contributed by atoms with E-state index in [1.165, 1.54) is 31.4 Å². The summed E-state index contributed by atoms with van der Waals surface area (Å²) in [6.07, 6.45) is 2.01. The molecule has 7 nitrogen and oxygen atoms in total. The van der Waals surface area contributed by atoms with Crippen molar-refractivity contribution in [2.45, 2.75) is 22.8 Å². The van der Waals surface area contributed by atoms with E-state index in [-0.39, 0.29) is 36.6 Å². The summed E-state index contributed by atoms with van der Waals surface area (Å²) in [7, 11) is -2.10. The lowest BCUT2D eigenvalue weighted by Crippen LogP contribution is -2.31. The Hall–Kier alpha value is -2.07. The molecule has 0 spiro atoms. The Labute approximate surface area is 176 Å². The van der Waals surface area contributed by atoms with Crippen LogP contribution in [0.25, 0.3) is 0 Å². The van der Waals surface area contributed by atoms with Crippen molar-refractivity contribution in [2.24, 2.45) is 0 Å². The van der Waals surface area contributed by atoms with Crippen molar-refractivity contribution in [1.29, 1.82) is 0 Å². The van der Waals surface area contributed by atoms with Crippen LogP contribution >= 0.6 is 11.8 Å². The van der Waals surface area contributed by atoms with Crippen LogP contribution in [0.2, 0.25) is 0 Å². The number of thioether (sulfide) groups is 1. The Bertz CT molecular complexity index is 884. The van der Waals surface area contributed by atoms with Gasteiger partial charge in [-0.3, -0.25) is 4.79 Å². The molecule has 2 rings (SSSR count). The molecule has 0 heterocycles. The minimum Gasteiger partial charge on any atom is -0.484 e. The highest BCUT2D eigenvalue weighted by atomic mass is 32.2. The number of ether oxygens (including phenoxy) is 2. The van der Waals surface area contributed by atoms with E-state index in [1.807, 2.05) is 37.4 Å². The largest absolute Gasteiger partial charge is 0.484 e. The molecule has 0 aliphatic carbocycles. The van der Waals surface area contributed by atoms with Gasteiger partial charge >= 0.3 is 0 Å². The zero-order valence-electron chi connectivity index (χ0n) is 16.7. The first-order chi connectivity index (χ1) is 13.9. The molecule has 29 heavy (non-hydrogen) atoms. The topological polar surface area (TPSA) is 93.7 Å². The Balaban J connectivity index is 1.85. The monoisotopic (exact) mass is 438 g/mol. The summed E-state index contributed by atoms with van der Waals surface area (Å²) < 4.78 is 36.9. The lowest BCUT2D eigenvalue weighted by molar-refractivity contribution is -0.123. The molecule has 1 atom stereocenters. The van der Waals surface area contributed by atoms with E-state index in [0.29, 0.717) is 5.75 Å². The van der Waals surface area contributed by atoms with Crippen LogP contribution in [0.1, 0.15) is 18.5 Å². The van der Waals surface area contributed by atoms with E-state index in [1.54, 1.807) is 11.8 Å². The fourth-order valence-corrected chi connectivity index (χ4v) is 3.91. The summed E-state index contributed by atoms with van der Waals surface area (Å²) in [5.41, 5.74) is 1.01. The predicted molar refractivity (Wildman–Crippen MR) is 114 cm³/mol. The third-order valence-electron chi connectivity index (χ3n) is 4.10. The van der Waals surface area contributed by atoms with Gasteiger partial charge in [-0.15, -0.1) is 11.8 Å². The number of nitrogens with one attached hydrogen (secondary N) is 2. The average molecular weight is 439 g/mol. The maximum atomic E-state index is 12.1. The van der Waals surface area contributed by atoms with Gasteiger partial charge in [0.15, 0.2) is 6.61 Å². The summed E-state index contributed by atoms with van der Waals surface area (Å²) in [6, 6.07) is 13.7. The Morgan fingerprint density at radius 2 is 1.76 bits per heavy atom. The quantitative estimate of drug-likeness (QED) is 0.414. The summed E-state index contributed by atoms with van der Waals surface area (Å²) in [4.78, 5) is 13.4. The molecule has 0 aromatic heterocycles. The summed E-state index contributed by atoms with van der Waals surface area (Å²) in [5, 5.41) is 2.88. The van der Waals surface area contributed by atoms with Crippen molar-refractivity contribution < 1.29 is 22.7 Å².